The van der Waals surface area contributed by atoms with E-state index in [1.807, 2.05) is 29.2 Å². The molecule has 0 aromatic heterocycles. The van der Waals surface area contributed by atoms with E-state index in [1.54, 1.807) is 7.11 Å². The van der Waals surface area contributed by atoms with Crippen molar-refractivity contribution in [1.82, 2.24) is 15.1 Å². The predicted molar refractivity (Wildman–Crippen MR) is 119 cm³/mol. The smallest absolute Gasteiger partial charge is 0.229 e. The van der Waals surface area contributed by atoms with Crippen LogP contribution >= 0.6 is 0 Å². The van der Waals surface area contributed by atoms with Gasteiger partial charge in [-0.25, -0.2) is 0 Å². The number of imide groups is 1. The first-order valence-electron chi connectivity index (χ1n) is 11.5. The fourth-order valence-electron chi connectivity index (χ4n) is 4.57. The lowest BCUT2D eigenvalue weighted by Crippen LogP contribution is -2.48. The number of amides is 4. The zero-order valence-electron chi connectivity index (χ0n) is 19.0. The molecular formula is C24H33N3O5. The number of rotatable bonds is 10. The molecule has 1 aromatic carbocycles. The van der Waals surface area contributed by atoms with Crippen molar-refractivity contribution in [1.29, 1.82) is 0 Å². The molecule has 0 bridgehead atoms. The van der Waals surface area contributed by atoms with Gasteiger partial charge in [0.15, 0.2) is 0 Å². The van der Waals surface area contributed by atoms with E-state index in [9.17, 15) is 19.2 Å². The number of unbranched alkanes of at least 4 members (excludes halogenated alkanes) is 1. The summed E-state index contributed by atoms with van der Waals surface area (Å²) < 4.78 is 5.55. The molecule has 8 heteroatoms. The Morgan fingerprint density at radius 2 is 1.75 bits per heavy atom. The molecule has 2 atom stereocenters. The van der Waals surface area contributed by atoms with Gasteiger partial charge in [0, 0.05) is 44.5 Å². The van der Waals surface area contributed by atoms with E-state index in [0.717, 1.165) is 18.4 Å². The van der Waals surface area contributed by atoms with Gasteiger partial charge in [0.05, 0.1) is 19.1 Å². The summed E-state index contributed by atoms with van der Waals surface area (Å²) in [6, 6.07) is 7.16. The van der Waals surface area contributed by atoms with Gasteiger partial charge in [-0.15, -0.1) is 0 Å². The predicted octanol–water partition coefficient (Wildman–Crippen LogP) is 2.43. The summed E-state index contributed by atoms with van der Waals surface area (Å²) in [6.45, 7) is 3.36. The Bertz CT molecular complexity index is 840. The van der Waals surface area contributed by atoms with Crippen molar-refractivity contribution in [3.8, 4) is 5.75 Å². The van der Waals surface area contributed by atoms with Crippen molar-refractivity contribution in [3.05, 3.63) is 29.8 Å². The monoisotopic (exact) mass is 443 g/mol. The van der Waals surface area contributed by atoms with Gasteiger partial charge in [0.2, 0.25) is 23.6 Å². The molecular weight excluding hydrogens is 410 g/mol. The van der Waals surface area contributed by atoms with Crippen LogP contribution in [0.15, 0.2) is 24.3 Å². The Morgan fingerprint density at radius 3 is 2.44 bits per heavy atom. The number of benzene rings is 1. The van der Waals surface area contributed by atoms with Gasteiger partial charge >= 0.3 is 0 Å². The van der Waals surface area contributed by atoms with E-state index in [1.165, 1.54) is 4.90 Å². The highest BCUT2D eigenvalue weighted by atomic mass is 16.5. The second-order valence-corrected chi connectivity index (χ2v) is 8.36. The Labute approximate surface area is 189 Å². The maximum atomic E-state index is 13.2. The van der Waals surface area contributed by atoms with Crippen LogP contribution in [-0.2, 0) is 19.2 Å². The summed E-state index contributed by atoms with van der Waals surface area (Å²) in [7, 11) is 1.59. The van der Waals surface area contributed by atoms with E-state index < -0.39 is 5.92 Å². The average molecular weight is 444 g/mol. The Morgan fingerprint density at radius 1 is 1.03 bits per heavy atom. The summed E-state index contributed by atoms with van der Waals surface area (Å²) in [4.78, 5) is 52.6. The molecule has 174 valence electrons. The SMILES string of the molecule is CCCCN1C(=O)CCC(C(=O)NCCCN2C(=O)CCC2=O)C1c1ccccc1OC. The van der Waals surface area contributed by atoms with E-state index >= 15 is 0 Å². The fraction of sp³-hybridized carbons (Fsp3) is 0.583. The van der Waals surface area contributed by atoms with Crippen LogP contribution in [0.2, 0.25) is 0 Å². The molecule has 3 rings (SSSR count). The Kier molecular flexibility index (Phi) is 8.25. The number of carbonyl (C=O) groups is 4. The molecule has 2 saturated heterocycles. The van der Waals surface area contributed by atoms with Crippen LogP contribution in [-0.4, -0.2) is 60.2 Å². The quantitative estimate of drug-likeness (QED) is 0.443. The molecule has 2 fully saturated rings. The third-order valence-electron chi connectivity index (χ3n) is 6.27. The van der Waals surface area contributed by atoms with Crippen LogP contribution in [0.1, 0.15) is 63.5 Å². The zero-order valence-corrected chi connectivity index (χ0v) is 19.0. The van der Waals surface area contributed by atoms with Crippen molar-refractivity contribution in [2.24, 2.45) is 5.92 Å². The molecule has 4 amide bonds. The van der Waals surface area contributed by atoms with Gasteiger partial charge in [-0.3, -0.25) is 24.1 Å². The molecule has 0 radical (unpaired) electrons. The normalized spacial score (nSPS) is 21.2. The minimum Gasteiger partial charge on any atom is -0.496 e. The number of hydrogen-bond acceptors (Lipinski definition) is 5. The summed E-state index contributed by atoms with van der Waals surface area (Å²) in [5.74, 6) is -0.0725. The number of nitrogens with one attached hydrogen (secondary N) is 1. The lowest BCUT2D eigenvalue weighted by atomic mass is 9.83. The van der Waals surface area contributed by atoms with Crippen LogP contribution < -0.4 is 10.1 Å². The maximum Gasteiger partial charge on any atom is 0.229 e. The second-order valence-electron chi connectivity index (χ2n) is 8.36. The highest BCUT2D eigenvalue weighted by Gasteiger charge is 2.41. The summed E-state index contributed by atoms with van der Waals surface area (Å²) in [5.41, 5.74) is 0.840. The van der Waals surface area contributed by atoms with Crippen molar-refractivity contribution < 1.29 is 23.9 Å². The lowest BCUT2D eigenvalue weighted by molar-refractivity contribution is -0.143. The van der Waals surface area contributed by atoms with Gasteiger partial charge in [-0.1, -0.05) is 31.5 Å². The highest BCUT2D eigenvalue weighted by Crippen LogP contribution is 2.40. The second kappa shape index (κ2) is 11.1. The van der Waals surface area contributed by atoms with Crippen LogP contribution in [0.5, 0.6) is 5.75 Å². The molecule has 1 aromatic rings. The van der Waals surface area contributed by atoms with Crippen molar-refractivity contribution >= 4 is 23.6 Å². The van der Waals surface area contributed by atoms with Crippen molar-refractivity contribution in [2.75, 3.05) is 26.7 Å². The van der Waals surface area contributed by atoms with Crippen LogP contribution in [0, 0.1) is 5.92 Å². The van der Waals surface area contributed by atoms with Crippen molar-refractivity contribution in [3.63, 3.8) is 0 Å². The van der Waals surface area contributed by atoms with Crippen LogP contribution in [0.3, 0.4) is 0 Å². The molecule has 0 spiro atoms. The Balaban J connectivity index is 1.71. The Hall–Kier alpha value is -2.90. The summed E-state index contributed by atoms with van der Waals surface area (Å²) >= 11 is 0. The number of hydrogen-bond donors (Lipinski definition) is 1. The maximum absolute atomic E-state index is 13.2. The molecule has 1 N–H and O–H groups in total. The number of piperidine rings is 1. The number of para-hydroxylation sites is 1. The molecule has 2 aliphatic heterocycles. The molecule has 2 unspecified atom stereocenters. The molecule has 32 heavy (non-hydrogen) atoms. The summed E-state index contributed by atoms with van der Waals surface area (Å²) in [6.07, 6.45) is 3.68. The minimum absolute atomic E-state index is 0.0597. The lowest BCUT2D eigenvalue weighted by Gasteiger charge is -2.41. The standard InChI is InChI=1S/C24H33N3O5/c1-3-4-15-27-22(30)11-10-18(23(27)17-8-5-6-9-19(17)32-2)24(31)25-14-7-16-26-20(28)12-13-21(26)29/h5-6,8-9,18,23H,3-4,7,10-16H2,1-2H3,(H,25,31). The molecule has 2 aliphatic rings. The minimum atomic E-state index is -0.393. The van der Waals surface area contributed by atoms with E-state index in [-0.39, 0.29) is 42.5 Å². The molecule has 0 aliphatic carbocycles. The fourth-order valence-corrected chi connectivity index (χ4v) is 4.57. The van der Waals surface area contributed by atoms with Gasteiger partial charge in [0.25, 0.3) is 0 Å². The van der Waals surface area contributed by atoms with E-state index in [0.29, 0.717) is 44.6 Å². The number of nitrogens with zero attached hydrogens (tertiary/aromatic N) is 2. The highest BCUT2D eigenvalue weighted by molar-refractivity contribution is 6.01. The van der Waals surface area contributed by atoms with E-state index in [4.69, 9.17) is 4.74 Å². The number of methoxy groups -OCH3 is 1. The topological polar surface area (TPSA) is 96.0 Å². The molecule has 0 saturated carbocycles. The van der Waals surface area contributed by atoms with Gasteiger partial charge in [0.1, 0.15) is 5.75 Å². The van der Waals surface area contributed by atoms with Gasteiger partial charge < -0.3 is 15.0 Å². The first kappa shape index (κ1) is 23.8. The first-order valence-corrected chi connectivity index (χ1v) is 11.5. The van der Waals surface area contributed by atoms with Crippen LogP contribution in [0.25, 0.3) is 0 Å². The van der Waals surface area contributed by atoms with Crippen LogP contribution in [0.4, 0.5) is 0 Å². The number of likely N-dealkylation sites (tertiary alicyclic amines) is 2. The third-order valence-corrected chi connectivity index (χ3v) is 6.27. The van der Waals surface area contributed by atoms with E-state index in [2.05, 4.69) is 12.2 Å². The third kappa shape index (κ3) is 5.29. The van der Waals surface area contributed by atoms with Gasteiger partial charge in [-0.2, -0.15) is 0 Å². The molecule has 8 nitrogen and oxygen atoms in total. The zero-order chi connectivity index (χ0) is 23.1. The average Bonchev–Trinajstić information content (AvgIpc) is 3.12. The number of ether oxygens (including phenoxy) is 1. The van der Waals surface area contributed by atoms with Crippen molar-refractivity contribution in [2.45, 2.75) is 57.9 Å². The number of carbonyl (C=O) groups excluding carboxylic acids is 4. The largest absolute Gasteiger partial charge is 0.496 e. The first-order chi connectivity index (χ1) is 15.5. The van der Waals surface area contributed by atoms with Gasteiger partial charge in [-0.05, 0) is 25.3 Å². The summed E-state index contributed by atoms with van der Waals surface area (Å²) in [5, 5.41) is 2.97. The molecule has 2 heterocycles.